The van der Waals surface area contributed by atoms with Gasteiger partial charge in [0, 0.05) is 11.6 Å². The van der Waals surface area contributed by atoms with Gasteiger partial charge in [0.15, 0.2) is 17.3 Å². The zero-order chi connectivity index (χ0) is 24.0. The van der Waals surface area contributed by atoms with Crippen molar-refractivity contribution < 1.29 is 28.8 Å². The molecular formula is C22H22BrN3O6S. The molecule has 1 aromatic heterocycles. The van der Waals surface area contributed by atoms with Crippen molar-refractivity contribution in [3.05, 3.63) is 45.3 Å². The number of nitrogens with one attached hydrogen (secondary N) is 1. The van der Waals surface area contributed by atoms with E-state index in [1.54, 1.807) is 44.6 Å². The van der Waals surface area contributed by atoms with Crippen LogP contribution in [-0.4, -0.2) is 54.2 Å². The predicted molar refractivity (Wildman–Crippen MR) is 128 cm³/mol. The van der Waals surface area contributed by atoms with Crippen LogP contribution in [0.4, 0.5) is 0 Å². The van der Waals surface area contributed by atoms with Gasteiger partial charge < -0.3 is 24.1 Å². The van der Waals surface area contributed by atoms with E-state index >= 15 is 0 Å². The number of hydrogen-bond donors (Lipinski definition) is 2. The van der Waals surface area contributed by atoms with Crippen LogP contribution in [0.3, 0.4) is 0 Å². The number of aliphatic carboxylic acids is 1. The lowest BCUT2D eigenvalue weighted by Crippen LogP contribution is -1.99. The van der Waals surface area contributed by atoms with E-state index in [4.69, 9.17) is 18.9 Å². The number of carboxylic acids is 1. The van der Waals surface area contributed by atoms with E-state index < -0.39 is 5.97 Å². The number of rotatable bonds is 10. The zero-order valence-electron chi connectivity index (χ0n) is 18.3. The Kier molecular flexibility index (Phi) is 8.23. The van der Waals surface area contributed by atoms with Gasteiger partial charge in [-0.05, 0) is 70.5 Å². The van der Waals surface area contributed by atoms with Crippen molar-refractivity contribution in [3.8, 4) is 34.4 Å². The normalized spacial score (nSPS) is 11.2. The third kappa shape index (κ3) is 5.99. The van der Waals surface area contributed by atoms with Crippen LogP contribution >= 0.6 is 27.7 Å². The third-order valence-electron chi connectivity index (χ3n) is 4.34. The summed E-state index contributed by atoms with van der Waals surface area (Å²) >= 11 is 4.37. The Morgan fingerprint density at radius 1 is 1.12 bits per heavy atom. The number of benzene rings is 2. The highest BCUT2D eigenvalue weighted by atomic mass is 79.9. The predicted octanol–water partition coefficient (Wildman–Crippen LogP) is 4.88. The summed E-state index contributed by atoms with van der Waals surface area (Å²) in [6.45, 7) is 2.33. The van der Waals surface area contributed by atoms with Crippen LogP contribution in [0, 0.1) is 0 Å². The maximum Gasteiger partial charge on any atom is 0.342 e. The number of thioether (sulfide) groups is 1. The highest BCUT2D eigenvalue weighted by Gasteiger charge is 2.17. The summed E-state index contributed by atoms with van der Waals surface area (Å²) in [4.78, 5) is 16.3. The molecule has 174 valence electrons. The summed E-state index contributed by atoms with van der Waals surface area (Å²) < 4.78 is 22.2. The Bertz CT molecular complexity index is 1160. The molecule has 0 bridgehead atoms. The van der Waals surface area contributed by atoms with Gasteiger partial charge in [-0.2, -0.15) is 0 Å². The Labute approximate surface area is 203 Å². The van der Waals surface area contributed by atoms with Crippen molar-refractivity contribution in [2.75, 3.05) is 27.9 Å². The number of carbonyl (C=O) groups is 1. The second-order valence-electron chi connectivity index (χ2n) is 6.45. The van der Waals surface area contributed by atoms with E-state index in [0.717, 1.165) is 11.8 Å². The number of carboxylic acid groups (broad SMARTS) is 1. The van der Waals surface area contributed by atoms with Gasteiger partial charge in [0.1, 0.15) is 16.4 Å². The number of hydrogen-bond acceptors (Lipinski definition) is 8. The number of aromatic nitrogens is 3. The van der Waals surface area contributed by atoms with E-state index in [1.807, 2.05) is 6.92 Å². The van der Waals surface area contributed by atoms with Gasteiger partial charge in [0.25, 0.3) is 0 Å². The minimum atomic E-state index is -1.11. The lowest BCUT2D eigenvalue weighted by atomic mass is 10.2. The standard InChI is InChI=1S/C22H22BrN3O6S/c1-5-32-19-16(23)6-12(7-17(19)31-4)8-18(21(27)28)33-22-24-20(25-26-22)13-9-14(29-2)11-15(10-13)30-3/h6-11H,5H2,1-4H3,(H,27,28)(H,24,25,26)/b18-8-. The molecule has 3 aromatic rings. The molecule has 11 heteroatoms. The minimum Gasteiger partial charge on any atom is -0.497 e. The lowest BCUT2D eigenvalue weighted by Gasteiger charge is -2.12. The molecule has 0 radical (unpaired) electrons. The maximum absolute atomic E-state index is 11.9. The smallest absolute Gasteiger partial charge is 0.342 e. The molecule has 1 heterocycles. The van der Waals surface area contributed by atoms with Crippen molar-refractivity contribution >= 4 is 39.7 Å². The lowest BCUT2D eigenvalue weighted by molar-refractivity contribution is -0.131. The minimum absolute atomic E-state index is 0.0295. The molecule has 0 fully saturated rings. The molecule has 2 N–H and O–H groups in total. The first-order valence-corrected chi connectivity index (χ1v) is 11.3. The van der Waals surface area contributed by atoms with Gasteiger partial charge in [-0.25, -0.2) is 9.78 Å². The average molecular weight is 536 g/mol. The van der Waals surface area contributed by atoms with Gasteiger partial charge in [-0.15, -0.1) is 5.10 Å². The molecule has 0 amide bonds. The van der Waals surface area contributed by atoms with Gasteiger partial charge in [0.2, 0.25) is 5.16 Å². The number of halogens is 1. The molecule has 3 rings (SSSR count). The van der Waals surface area contributed by atoms with Crippen molar-refractivity contribution in [2.45, 2.75) is 12.1 Å². The van der Waals surface area contributed by atoms with Crippen LogP contribution in [0.2, 0.25) is 0 Å². The fourth-order valence-electron chi connectivity index (χ4n) is 2.86. The Morgan fingerprint density at radius 2 is 1.82 bits per heavy atom. The van der Waals surface area contributed by atoms with Crippen molar-refractivity contribution in [3.63, 3.8) is 0 Å². The Morgan fingerprint density at radius 3 is 2.39 bits per heavy atom. The quantitative estimate of drug-likeness (QED) is 0.276. The number of H-pyrrole nitrogens is 1. The second-order valence-corrected chi connectivity index (χ2v) is 8.31. The fraction of sp³-hybridized carbons (Fsp3) is 0.227. The van der Waals surface area contributed by atoms with E-state index in [-0.39, 0.29) is 10.1 Å². The third-order valence-corrected chi connectivity index (χ3v) is 5.81. The largest absolute Gasteiger partial charge is 0.497 e. The van der Waals surface area contributed by atoms with Crippen molar-refractivity contribution in [1.29, 1.82) is 0 Å². The van der Waals surface area contributed by atoms with Gasteiger partial charge in [-0.3, -0.25) is 5.10 Å². The van der Waals surface area contributed by atoms with Crippen LogP contribution in [0.1, 0.15) is 12.5 Å². The summed E-state index contributed by atoms with van der Waals surface area (Å²) in [5.74, 6) is 1.56. The molecule has 0 aliphatic rings. The van der Waals surface area contributed by atoms with E-state index in [9.17, 15) is 9.90 Å². The van der Waals surface area contributed by atoms with E-state index in [1.165, 1.54) is 13.2 Å². The molecule has 2 aromatic carbocycles. The molecule has 0 unspecified atom stereocenters. The first-order chi connectivity index (χ1) is 15.9. The van der Waals surface area contributed by atoms with Crippen LogP contribution in [0.5, 0.6) is 23.0 Å². The highest BCUT2D eigenvalue weighted by Crippen LogP contribution is 2.38. The summed E-state index contributed by atoms with van der Waals surface area (Å²) in [5.41, 5.74) is 1.30. The molecule has 0 aliphatic carbocycles. The maximum atomic E-state index is 11.9. The van der Waals surface area contributed by atoms with Crippen LogP contribution in [0.15, 0.2) is 44.9 Å². The molecule has 0 spiro atoms. The van der Waals surface area contributed by atoms with E-state index in [2.05, 4.69) is 31.1 Å². The van der Waals surface area contributed by atoms with Gasteiger partial charge >= 0.3 is 5.97 Å². The summed E-state index contributed by atoms with van der Waals surface area (Å²) in [7, 11) is 4.63. The van der Waals surface area contributed by atoms with Crippen LogP contribution < -0.4 is 18.9 Å². The van der Waals surface area contributed by atoms with Crippen LogP contribution in [0.25, 0.3) is 17.5 Å². The Balaban J connectivity index is 1.91. The van der Waals surface area contributed by atoms with Crippen molar-refractivity contribution in [2.24, 2.45) is 0 Å². The highest BCUT2D eigenvalue weighted by molar-refractivity contribution is 9.10. The SMILES string of the molecule is CCOc1c(Br)cc(/C=C(\Sc2n[nH]c(-c3cc(OC)cc(OC)c3)n2)C(=O)O)cc1OC. The monoisotopic (exact) mass is 535 g/mol. The number of methoxy groups -OCH3 is 3. The fourth-order valence-corrected chi connectivity index (χ4v) is 4.14. The first-order valence-electron chi connectivity index (χ1n) is 9.67. The first kappa shape index (κ1) is 24.5. The zero-order valence-corrected chi connectivity index (χ0v) is 20.7. The molecule has 0 saturated carbocycles. The molecule has 0 saturated heterocycles. The molecular weight excluding hydrogens is 514 g/mol. The number of nitrogens with zero attached hydrogens (tertiary/aromatic N) is 2. The van der Waals surface area contributed by atoms with Gasteiger partial charge in [-0.1, -0.05) is 0 Å². The van der Waals surface area contributed by atoms with Crippen LogP contribution in [-0.2, 0) is 4.79 Å². The number of ether oxygens (including phenoxy) is 4. The topological polar surface area (TPSA) is 116 Å². The molecule has 0 aliphatic heterocycles. The van der Waals surface area contributed by atoms with E-state index in [0.29, 0.717) is 51.0 Å². The molecule has 33 heavy (non-hydrogen) atoms. The second kappa shape index (κ2) is 11.1. The van der Waals surface area contributed by atoms with Crippen molar-refractivity contribution in [1.82, 2.24) is 15.2 Å². The summed E-state index contributed by atoms with van der Waals surface area (Å²) in [6.07, 6.45) is 1.51. The number of aromatic amines is 1. The summed E-state index contributed by atoms with van der Waals surface area (Å²) in [5, 5.41) is 17.0. The Hall–Kier alpha value is -3.18. The molecule has 9 nitrogen and oxygen atoms in total. The molecule has 0 atom stereocenters. The summed E-state index contributed by atoms with van der Waals surface area (Å²) in [6, 6.07) is 8.74. The van der Waals surface area contributed by atoms with Gasteiger partial charge in [0.05, 0.1) is 32.4 Å². The average Bonchev–Trinajstić information content (AvgIpc) is 3.28.